The number of rotatable bonds is 11. The predicted molar refractivity (Wildman–Crippen MR) is 64.1 cm³/mol. The van der Waals surface area contributed by atoms with Crippen LogP contribution in [0.15, 0.2) is 0 Å². The van der Waals surface area contributed by atoms with E-state index in [1.54, 1.807) is 0 Å². The number of unbranched alkanes of at least 4 members (excludes halogenated alkanes) is 5. The third kappa shape index (κ3) is 22.0. The highest BCUT2D eigenvalue weighted by molar-refractivity contribution is 4.51. The van der Waals surface area contributed by atoms with E-state index in [2.05, 4.69) is 23.7 Å². The van der Waals surface area contributed by atoms with Gasteiger partial charge < -0.3 is 54.0 Å². The van der Waals surface area contributed by atoms with Crippen molar-refractivity contribution in [2.24, 2.45) is 0 Å². The maximum absolute atomic E-state index is 4.19. The maximum atomic E-state index is 4.19. The van der Waals surface area contributed by atoms with E-state index in [1.165, 1.54) is 51.5 Å². The summed E-state index contributed by atoms with van der Waals surface area (Å²) in [6.45, 7) is 5.64. The lowest BCUT2D eigenvalue weighted by molar-refractivity contribution is -0.692. The molecule has 0 aliphatic heterocycles. The summed E-state index contributed by atoms with van der Waals surface area (Å²) in [5.41, 5.74) is 8.03. The molecular formula is C12H32Cl3N3. The molecule has 0 rings (SSSR count). The molecule has 0 heterocycles. The zero-order valence-corrected chi connectivity index (χ0v) is 14.0. The van der Waals surface area contributed by atoms with E-state index in [4.69, 9.17) is 0 Å². The van der Waals surface area contributed by atoms with Gasteiger partial charge in [-0.15, -0.1) is 0 Å². The normalized spacial score (nSPS) is 10.8. The van der Waals surface area contributed by atoms with Gasteiger partial charge in [-0.2, -0.15) is 0 Å². The molecule has 1 unspecified atom stereocenters. The highest BCUT2D eigenvalue weighted by Crippen LogP contribution is 2.06. The van der Waals surface area contributed by atoms with E-state index in [1.807, 2.05) is 0 Å². The Kier molecular flexibility index (Phi) is 34.5. The molecule has 0 radical (unpaired) electrons. The van der Waals surface area contributed by atoms with Crippen LogP contribution in [0.5, 0.6) is 0 Å². The second-order valence-electron chi connectivity index (χ2n) is 4.59. The lowest BCUT2D eigenvalue weighted by Gasteiger charge is -2.06. The molecule has 3 nitrogen and oxygen atoms in total. The molecule has 0 fully saturated rings. The van der Waals surface area contributed by atoms with Crippen molar-refractivity contribution in [3.63, 3.8) is 0 Å². The fourth-order valence-corrected chi connectivity index (χ4v) is 1.83. The van der Waals surface area contributed by atoms with E-state index >= 15 is 0 Å². The third-order valence-electron chi connectivity index (χ3n) is 2.87. The molecule has 0 aromatic rings. The molecule has 1 atom stereocenters. The Bertz CT molecular complexity index is 129. The van der Waals surface area contributed by atoms with Gasteiger partial charge in [0.2, 0.25) is 0 Å². The molecule has 18 heavy (non-hydrogen) atoms. The molecule has 0 amide bonds. The van der Waals surface area contributed by atoms with Crippen LogP contribution in [0.2, 0.25) is 0 Å². The van der Waals surface area contributed by atoms with E-state index in [-0.39, 0.29) is 37.2 Å². The van der Waals surface area contributed by atoms with Crippen LogP contribution in [0.4, 0.5) is 0 Å². The van der Waals surface area contributed by atoms with Crippen LogP contribution in [0.3, 0.4) is 0 Å². The van der Waals surface area contributed by atoms with Gasteiger partial charge in [-0.1, -0.05) is 39.0 Å². The molecule has 0 bridgehead atoms. The van der Waals surface area contributed by atoms with Crippen LogP contribution in [-0.2, 0) is 0 Å². The smallest absolute Gasteiger partial charge is 0.134 e. The van der Waals surface area contributed by atoms with Crippen molar-refractivity contribution in [2.75, 3.05) is 19.6 Å². The lowest BCUT2D eigenvalue weighted by Crippen LogP contribution is -3.00. The van der Waals surface area contributed by atoms with Crippen LogP contribution >= 0.6 is 0 Å². The highest BCUT2D eigenvalue weighted by Gasteiger charge is 2.07. The van der Waals surface area contributed by atoms with Crippen molar-refractivity contribution in [3.8, 4) is 0 Å². The number of quaternary nitrogens is 3. The summed E-state index contributed by atoms with van der Waals surface area (Å²) in [4.78, 5) is 0. The van der Waals surface area contributed by atoms with Crippen LogP contribution in [0.25, 0.3) is 0 Å². The van der Waals surface area contributed by atoms with Crippen molar-refractivity contribution in [1.29, 1.82) is 0 Å². The van der Waals surface area contributed by atoms with E-state index in [0.717, 1.165) is 13.1 Å². The van der Waals surface area contributed by atoms with Gasteiger partial charge >= 0.3 is 0 Å². The van der Waals surface area contributed by atoms with Gasteiger partial charge in [0.05, 0.1) is 0 Å². The van der Waals surface area contributed by atoms with Crippen molar-refractivity contribution in [1.82, 2.24) is 0 Å². The van der Waals surface area contributed by atoms with Gasteiger partial charge in [0.25, 0.3) is 0 Å². The van der Waals surface area contributed by atoms with Crippen molar-refractivity contribution < 1.29 is 54.0 Å². The molecule has 0 aliphatic carbocycles. The Hall–Kier alpha value is 0.750. The second-order valence-corrected chi connectivity index (χ2v) is 4.59. The van der Waals surface area contributed by atoms with Crippen LogP contribution in [0, 0.1) is 0 Å². The standard InChI is InChI=1S/C12H29N3.3ClH/c1-2-3-4-5-6-7-8-12(14)11-15-10-9-13;;;/h12,15H,2-11,13-14H2,1H3;3*1H. The van der Waals surface area contributed by atoms with Gasteiger partial charge in [-0.05, 0) is 6.42 Å². The first kappa shape index (κ1) is 27.2. The summed E-state index contributed by atoms with van der Waals surface area (Å²) >= 11 is 0. The van der Waals surface area contributed by atoms with Crippen LogP contribution < -0.4 is 54.0 Å². The first-order chi connectivity index (χ1) is 7.31. The average Bonchev–Trinajstić information content (AvgIpc) is 2.23. The second kappa shape index (κ2) is 22.9. The highest BCUT2D eigenvalue weighted by atomic mass is 35.5. The summed E-state index contributed by atoms with van der Waals surface area (Å²) in [5, 5.41) is 2.35. The number of hydrogen-bond acceptors (Lipinski definition) is 0. The molecular weight excluding hydrogens is 293 g/mol. The number of halogens is 3. The molecule has 116 valence electrons. The SMILES string of the molecule is CCCCCCCCC([NH3+])C[NH2+]CC[NH3+].[Cl-].[Cl-].[Cl-]. The van der Waals surface area contributed by atoms with Gasteiger partial charge in [0, 0.05) is 6.42 Å². The minimum atomic E-state index is 0. The Morgan fingerprint density at radius 2 is 1.50 bits per heavy atom. The Morgan fingerprint density at radius 1 is 0.944 bits per heavy atom. The monoisotopic (exact) mass is 323 g/mol. The van der Waals surface area contributed by atoms with Gasteiger partial charge in [-0.3, -0.25) is 0 Å². The fourth-order valence-electron chi connectivity index (χ4n) is 1.83. The van der Waals surface area contributed by atoms with Gasteiger partial charge in [-0.25, -0.2) is 0 Å². The number of hydrogen-bond donors (Lipinski definition) is 3. The van der Waals surface area contributed by atoms with Crippen molar-refractivity contribution in [3.05, 3.63) is 0 Å². The zero-order valence-electron chi connectivity index (χ0n) is 11.8. The first-order valence-electron chi connectivity index (χ1n) is 6.75. The largest absolute Gasteiger partial charge is 1.00 e. The minimum Gasteiger partial charge on any atom is -1.00 e. The predicted octanol–water partition coefficient (Wildman–Crippen LogP) is -9.84. The number of nitrogens with two attached hydrogens (primary N) is 1. The maximum Gasteiger partial charge on any atom is 0.134 e. The molecule has 0 aromatic carbocycles. The quantitative estimate of drug-likeness (QED) is 0.316. The van der Waals surface area contributed by atoms with E-state index in [0.29, 0.717) is 6.04 Å². The first-order valence-corrected chi connectivity index (χ1v) is 6.75. The summed E-state index contributed by atoms with van der Waals surface area (Å²) in [7, 11) is 0. The molecule has 0 saturated heterocycles. The topological polar surface area (TPSA) is 71.9 Å². The van der Waals surface area contributed by atoms with Crippen molar-refractivity contribution >= 4 is 0 Å². The minimum absolute atomic E-state index is 0. The van der Waals surface area contributed by atoms with Crippen molar-refractivity contribution in [2.45, 2.75) is 57.9 Å². The molecule has 0 saturated carbocycles. The third-order valence-corrected chi connectivity index (χ3v) is 2.87. The molecule has 0 spiro atoms. The summed E-state index contributed by atoms with van der Waals surface area (Å²) in [6.07, 6.45) is 9.68. The van der Waals surface area contributed by atoms with E-state index < -0.39 is 0 Å². The lowest BCUT2D eigenvalue weighted by atomic mass is 10.1. The van der Waals surface area contributed by atoms with E-state index in [9.17, 15) is 0 Å². The molecule has 0 aliphatic rings. The Labute approximate surface area is 131 Å². The Morgan fingerprint density at radius 3 is 2.06 bits per heavy atom. The Balaban J connectivity index is -0.000000327. The fraction of sp³-hybridized carbons (Fsp3) is 1.00. The van der Waals surface area contributed by atoms with Gasteiger partial charge in [0.15, 0.2) is 0 Å². The summed E-state index contributed by atoms with van der Waals surface area (Å²) < 4.78 is 0. The van der Waals surface area contributed by atoms with Crippen LogP contribution in [-0.4, -0.2) is 25.7 Å². The van der Waals surface area contributed by atoms with Crippen LogP contribution in [0.1, 0.15) is 51.9 Å². The average molecular weight is 325 g/mol. The zero-order chi connectivity index (χ0) is 11.4. The molecule has 8 N–H and O–H groups in total. The summed E-state index contributed by atoms with van der Waals surface area (Å²) in [5.74, 6) is 0. The van der Waals surface area contributed by atoms with Gasteiger partial charge in [0.1, 0.15) is 25.7 Å². The summed E-state index contributed by atoms with van der Waals surface area (Å²) in [6, 6.07) is 0.641. The molecule has 0 aromatic heterocycles. The molecule has 6 heteroatoms.